The maximum atomic E-state index is 12.3. The molecule has 100 valence electrons. The van der Waals surface area contributed by atoms with Crippen molar-refractivity contribution in [3.8, 4) is 0 Å². The highest BCUT2D eigenvalue weighted by molar-refractivity contribution is 7.13. The van der Waals surface area contributed by atoms with Crippen LogP contribution in [-0.2, 0) is 0 Å². The van der Waals surface area contributed by atoms with Crippen LogP contribution in [-0.4, -0.2) is 17.9 Å². The van der Waals surface area contributed by atoms with Crippen molar-refractivity contribution in [1.82, 2.24) is 4.98 Å². The quantitative estimate of drug-likeness (QED) is 0.679. The molecule has 0 bridgehead atoms. The molecule has 3 aromatic rings. The van der Waals surface area contributed by atoms with E-state index in [1.807, 2.05) is 6.07 Å². The molecule has 0 aliphatic heterocycles. The molecule has 0 saturated carbocycles. The molecule has 0 radical (unpaired) electrons. The topological polar surface area (TPSA) is 63.4 Å². The lowest BCUT2D eigenvalue weighted by Crippen LogP contribution is -2.30. The van der Waals surface area contributed by atoms with Gasteiger partial charge in [0.15, 0.2) is 5.13 Å². The maximum Gasteiger partial charge on any atom is 0.349 e. The summed E-state index contributed by atoms with van der Waals surface area (Å²) >= 11 is 1.32. The van der Waals surface area contributed by atoms with Gasteiger partial charge in [0.2, 0.25) is 0 Å². The zero-order valence-electron chi connectivity index (χ0n) is 10.6. The number of carbonyl (C=O) groups is 1. The van der Waals surface area contributed by atoms with Crippen LogP contribution in [0.15, 0.2) is 51.1 Å². The fourth-order valence-electron chi connectivity index (χ4n) is 1.86. The lowest BCUT2D eigenvalue weighted by atomic mass is 10.2. The highest BCUT2D eigenvalue weighted by Gasteiger charge is 2.20. The predicted octanol–water partition coefficient (Wildman–Crippen LogP) is 2.53. The number of anilines is 1. The zero-order chi connectivity index (χ0) is 14.1. The summed E-state index contributed by atoms with van der Waals surface area (Å²) in [7, 11) is 1.58. The Morgan fingerprint density at radius 1 is 1.35 bits per heavy atom. The van der Waals surface area contributed by atoms with Crippen molar-refractivity contribution in [2.24, 2.45) is 0 Å². The first-order chi connectivity index (χ1) is 9.66. The average Bonchev–Trinajstić information content (AvgIpc) is 2.99. The number of para-hydroxylation sites is 1. The molecule has 0 aliphatic carbocycles. The first kappa shape index (κ1) is 12.6. The van der Waals surface area contributed by atoms with Crippen LogP contribution < -0.4 is 10.5 Å². The number of hydrogen-bond donors (Lipinski definition) is 0. The van der Waals surface area contributed by atoms with Gasteiger partial charge >= 0.3 is 5.63 Å². The van der Waals surface area contributed by atoms with Crippen molar-refractivity contribution in [2.75, 3.05) is 11.9 Å². The number of nitrogens with zero attached hydrogens (tertiary/aromatic N) is 2. The molecule has 0 atom stereocenters. The molecule has 2 heterocycles. The minimum absolute atomic E-state index is 0.00130. The summed E-state index contributed by atoms with van der Waals surface area (Å²) in [5.74, 6) is -0.431. The van der Waals surface area contributed by atoms with Gasteiger partial charge in [-0.15, -0.1) is 11.3 Å². The normalized spacial score (nSPS) is 10.7. The minimum atomic E-state index is -0.642. The second-order valence-corrected chi connectivity index (χ2v) is 5.04. The molecule has 0 fully saturated rings. The number of carbonyl (C=O) groups excluding carboxylic acids is 1. The maximum absolute atomic E-state index is 12.3. The summed E-state index contributed by atoms with van der Waals surface area (Å²) in [6, 6.07) is 8.62. The van der Waals surface area contributed by atoms with Crippen LogP contribution in [0, 0.1) is 0 Å². The number of fused-ring (bicyclic) bond motifs is 1. The number of amides is 1. The molecule has 2 aromatic heterocycles. The summed E-state index contributed by atoms with van der Waals surface area (Å²) < 4.78 is 5.16. The summed E-state index contributed by atoms with van der Waals surface area (Å²) in [4.78, 5) is 29.6. The van der Waals surface area contributed by atoms with Crippen LogP contribution in [0.25, 0.3) is 11.0 Å². The molecule has 0 aliphatic rings. The lowest BCUT2D eigenvalue weighted by molar-refractivity contribution is 0.0989. The summed E-state index contributed by atoms with van der Waals surface area (Å²) in [5, 5.41) is 3.01. The Bertz CT molecular complexity index is 824. The number of rotatable bonds is 2. The molecular formula is C14H10N2O3S. The van der Waals surface area contributed by atoms with Crippen molar-refractivity contribution in [1.29, 1.82) is 0 Å². The summed E-state index contributed by atoms with van der Waals surface area (Å²) in [5.41, 5.74) is -0.176. The zero-order valence-corrected chi connectivity index (χ0v) is 11.4. The van der Waals surface area contributed by atoms with Gasteiger partial charge in [-0.1, -0.05) is 18.2 Å². The molecule has 1 amide bonds. The summed E-state index contributed by atoms with van der Waals surface area (Å²) in [6.07, 6.45) is 1.60. The monoisotopic (exact) mass is 286 g/mol. The van der Waals surface area contributed by atoms with Gasteiger partial charge in [-0.05, 0) is 12.1 Å². The van der Waals surface area contributed by atoms with E-state index < -0.39 is 11.5 Å². The van der Waals surface area contributed by atoms with Gasteiger partial charge in [-0.25, -0.2) is 9.78 Å². The van der Waals surface area contributed by atoms with Crippen molar-refractivity contribution < 1.29 is 9.21 Å². The molecule has 1 aromatic carbocycles. The van der Waals surface area contributed by atoms with Gasteiger partial charge in [-0.3, -0.25) is 9.69 Å². The third-order valence-electron chi connectivity index (χ3n) is 2.88. The molecule has 0 unspecified atom stereocenters. The Labute approximate surface area is 118 Å². The van der Waals surface area contributed by atoms with E-state index in [1.54, 1.807) is 42.9 Å². The number of aromatic nitrogens is 1. The largest absolute Gasteiger partial charge is 0.422 e. The lowest BCUT2D eigenvalue weighted by Gasteiger charge is -2.12. The molecular weight excluding hydrogens is 276 g/mol. The van der Waals surface area contributed by atoms with Crippen LogP contribution in [0.3, 0.4) is 0 Å². The molecule has 3 rings (SSSR count). The van der Waals surface area contributed by atoms with E-state index in [4.69, 9.17) is 4.42 Å². The highest BCUT2D eigenvalue weighted by Crippen LogP contribution is 2.19. The van der Waals surface area contributed by atoms with Crippen LogP contribution >= 0.6 is 11.3 Å². The Kier molecular flexibility index (Phi) is 3.08. The van der Waals surface area contributed by atoms with E-state index >= 15 is 0 Å². The third-order valence-corrected chi connectivity index (χ3v) is 3.73. The Balaban J connectivity index is 2.07. The molecule has 20 heavy (non-hydrogen) atoms. The van der Waals surface area contributed by atoms with Crippen molar-refractivity contribution >= 4 is 33.3 Å². The Hall–Kier alpha value is -2.47. The second kappa shape index (κ2) is 4.90. The van der Waals surface area contributed by atoms with Crippen molar-refractivity contribution in [3.63, 3.8) is 0 Å². The standard InChI is InChI=1S/C14H10N2O3S/c1-16(14-15-6-7-20-14)12(17)10-8-9-4-2-3-5-11(9)19-13(10)18/h2-8H,1H3. The van der Waals surface area contributed by atoms with E-state index in [1.165, 1.54) is 16.2 Å². The Morgan fingerprint density at radius 2 is 2.15 bits per heavy atom. The van der Waals surface area contributed by atoms with Crippen LogP contribution in [0.4, 0.5) is 5.13 Å². The van der Waals surface area contributed by atoms with E-state index in [2.05, 4.69) is 4.98 Å². The van der Waals surface area contributed by atoms with Gasteiger partial charge in [0, 0.05) is 24.0 Å². The minimum Gasteiger partial charge on any atom is -0.422 e. The molecule has 5 nitrogen and oxygen atoms in total. The fourth-order valence-corrected chi connectivity index (χ4v) is 2.47. The highest BCUT2D eigenvalue weighted by atomic mass is 32.1. The van der Waals surface area contributed by atoms with Crippen LogP contribution in [0.5, 0.6) is 0 Å². The molecule has 0 N–H and O–H groups in total. The number of hydrogen-bond acceptors (Lipinski definition) is 5. The second-order valence-electron chi connectivity index (χ2n) is 4.16. The van der Waals surface area contributed by atoms with Crippen LogP contribution in [0.2, 0.25) is 0 Å². The first-order valence-electron chi connectivity index (χ1n) is 5.87. The average molecular weight is 286 g/mol. The first-order valence-corrected chi connectivity index (χ1v) is 6.75. The number of thiazole rings is 1. The molecule has 0 saturated heterocycles. The smallest absolute Gasteiger partial charge is 0.349 e. The van der Waals surface area contributed by atoms with Crippen molar-refractivity contribution in [2.45, 2.75) is 0 Å². The van der Waals surface area contributed by atoms with E-state index in [0.29, 0.717) is 16.1 Å². The van der Waals surface area contributed by atoms with Gasteiger partial charge in [0.25, 0.3) is 5.91 Å². The van der Waals surface area contributed by atoms with Gasteiger partial charge in [0.1, 0.15) is 11.1 Å². The van der Waals surface area contributed by atoms with Gasteiger partial charge in [0.05, 0.1) is 0 Å². The Morgan fingerprint density at radius 3 is 2.90 bits per heavy atom. The van der Waals surface area contributed by atoms with Gasteiger partial charge < -0.3 is 4.42 Å². The van der Waals surface area contributed by atoms with E-state index in [9.17, 15) is 9.59 Å². The molecule has 6 heteroatoms. The summed E-state index contributed by atoms with van der Waals surface area (Å²) in [6.45, 7) is 0. The van der Waals surface area contributed by atoms with Crippen LogP contribution in [0.1, 0.15) is 10.4 Å². The SMILES string of the molecule is CN(C(=O)c1cc2ccccc2oc1=O)c1nccs1. The number of benzene rings is 1. The van der Waals surface area contributed by atoms with Crippen molar-refractivity contribution in [3.05, 3.63) is 57.9 Å². The van der Waals surface area contributed by atoms with E-state index in [-0.39, 0.29) is 5.56 Å². The van der Waals surface area contributed by atoms with E-state index in [0.717, 1.165) is 0 Å². The third kappa shape index (κ3) is 2.10. The fraction of sp³-hybridized carbons (Fsp3) is 0.0714. The predicted molar refractivity (Wildman–Crippen MR) is 77.3 cm³/mol. The molecule has 0 spiro atoms. The van der Waals surface area contributed by atoms with Gasteiger partial charge in [-0.2, -0.15) is 0 Å².